The van der Waals surface area contributed by atoms with Crippen LogP contribution in [0, 0.1) is 29.1 Å². The van der Waals surface area contributed by atoms with Gasteiger partial charge in [-0.3, -0.25) is 58.0 Å². The van der Waals surface area contributed by atoms with Gasteiger partial charge in [-0.05, 0) is 172 Å². The number of thiazole rings is 1. The minimum Gasteiger partial charge on any atom is -0.476 e. The van der Waals surface area contributed by atoms with Crippen molar-refractivity contribution < 1.29 is 70.7 Å². The third-order valence-corrected chi connectivity index (χ3v) is 22.9. The molecule has 107 heavy (non-hydrogen) atoms. The molecule has 29 nitrogen and oxygen atoms in total. The molecule has 2 unspecified atom stereocenters. The Morgan fingerprint density at radius 1 is 0.794 bits per heavy atom. The molecule has 3 aromatic carbocycles. The van der Waals surface area contributed by atoms with Gasteiger partial charge in [0.05, 0.1) is 34.4 Å². The lowest BCUT2D eigenvalue weighted by Crippen LogP contribution is -2.64. The zero-order valence-electron chi connectivity index (χ0n) is 61.1. The first-order valence-electron chi connectivity index (χ1n) is 36.5. The van der Waals surface area contributed by atoms with Gasteiger partial charge in [0.1, 0.15) is 24.5 Å². The van der Waals surface area contributed by atoms with Gasteiger partial charge in [-0.25, -0.2) is 24.4 Å². The standard InChI is InChI=1S/C76H96N14O15S2/c1-48(2)64(84-61(91)19-7-6-10-32-88-62(92)26-27-63(88)93)68(96)90(58(66(77)94)17-12-29-79-70(78)99)52-22-20-50(21-23-52)40-104-72(100)80-30-13-31-86(35-37-107(101,102)103)34-36-105-76-44-73(4)41-74(5,45-76)43-75(42-73,46-76)47-89-49(3)55(38-81-89)53-24-25-60(83-65(53)69(97)98)87-33-28-51-14-11-15-54(56(51)39-87)67(95)85-71-82-57-16-8-9-18-59(57)106-71/h8-9,11,14-16,18,20-27,38,48,58,64H,6-7,10,12-13,17,19,28-37,39-47H2,1-5H3,(H2,77,94)(H,80,100)(H,84,91)(H,97,98)(H3,78,79,99)(H,82,85,95)(H,101,102,103)/t58-,64-,73?,74?,75?,76?/m0/s1. The number of aromatic nitrogens is 4. The van der Waals surface area contributed by atoms with Gasteiger partial charge in [0.2, 0.25) is 11.8 Å². The lowest BCUT2D eigenvalue weighted by atomic mass is 9.39. The summed E-state index contributed by atoms with van der Waals surface area (Å²) in [6.45, 7) is 12.8. The topological polar surface area (TPSA) is 403 Å². The number of rotatable bonds is 36. The van der Waals surface area contributed by atoms with Gasteiger partial charge in [0, 0.05) is 99.0 Å². The van der Waals surface area contributed by atoms with Crippen molar-refractivity contribution in [3.8, 4) is 11.1 Å². The number of aromatic carboxylic acids is 1. The zero-order valence-corrected chi connectivity index (χ0v) is 62.7. The average Bonchev–Trinajstić information content (AvgIpc) is 0.914. The Labute approximate surface area is 625 Å². The Balaban J connectivity index is 0.683. The molecule has 12 rings (SSSR count). The summed E-state index contributed by atoms with van der Waals surface area (Å²) in [7, 11) is -4.33. The van der Waals surface area contributed by atoms with Crippen LogP contribution in [-0.2, 0) is 69.7 Å². The number of carbonyl (C=O) groups excluding carboxylic acids is 8. The van der Waals surface area contributed by atoms with E-state index < -0.39 is 75.3 Å². The Kier molecular flexibility index (Phi) is 24.3. The molecule has 6 aliphatic rings. The number of nitrogens with two attached hydrogens (primary N) is 2. The zero-order chi connectivity index (χ0) is 76.6. The number of carbonyl (C=O) groups is 9. The second kappa shape index (κ2) is 33.2. The molecule has 31 heteroatoms. The normalized spacial score (nSPS) is 20.7. The molecule has 6 aromatic rings. The number of hydrogen-bond donors (Lipinski definition) is 8. The highest BCUT2D eigenvalue weighted by Crippen LogP contribution is 2.72. The molecule has 0 spiro atoms. The van der Waals surface area contributed by atoms with Crippen molar-refractivity contribution in [1.29, 1.82) is 0 Å². The Morgan fingerprint density at radius 3 is 2.21 bits per heavy atom. The molecule has 4 fully saturated rings. The Morgan fingerprint density at radius 2 is 1.52 bits per heavy atom. The summed E-state index contributed by atoms with van der Waals surface area (Å²) in [5.74, 6) is -4.61. The fourth-order valence-electron chi connectivity index (χ4n) is 17.5. The maximum Gasteiger partial charge on any atom is 0.407 e. The van der Waals surface area contributed by atoms with E-state index in [4.69, 9.17) is 31.0 Å². The molecule has 4 aliphatic carbocycles. The van der Waals surface area contributed by atoms with Crippen LogP contribution in [0.5, 0.6) is 0 Å². The van der Waals surface area contributed by atoms with E-state index in [2.05, 4.69) is 40.1 Å². The Bertz CT molecular complexity index is 4430. The number of primary amides is 2. The summed E-state index contributed by atoms with van der Waals surface area (Å²) in [6, 6.07) is 20.2. The molecule has 5 heterocycles. The molecular weight excluding hydrogens is 1410 g/mol. The third-order valence-electron chi connectivity index (χ3n) is 21.2. The number of anilines is 3. The minimum absolute atomic E-state index is 0.00961. The van der Waals surface area contributed by atoms with Gasteiger partial charge >= 0.3 is 18.1 Å². The predicted octanol–water partition coefficient (Wildman–Crippen LogP) is 8.28. The second-order valence-electron chi connectivity index (χ2n) is 30.4. The van der Waals surface area contributed by atoms with E-state index in [-0.39, 0.29) is 104 Å². The number of nitrogens with zero attached hydrogens (tertiary/aromatic N) is 8. The number of urea groups is 1. The number of unbranched alkanes of at least 4 members (excludes halogenated alkanes) is 2. The van der Waals surface area contributed by atoms with Crippen LogP contribution in [0.4, 0.5) is 26.2 Å². The van der Waals surface area contributed by atoms with Crippen LogP contribution in [0.1, 0.15) is 154 Å². The molecule has 3 aromatic heterocycles. The van der Waals surface area contributed by atoms with Crippen LogP contribution in [0.25, 0.3) is 21.3 Å². The van der Waals surface area contributed by atoms with E-state index in [1.54, 1.807) is 56.4 Å². The summed E-state index contributed by atoms with van der Waals surface area (Å²) in [5.41, 5.74) is 16.2. The van der Waals surface area contributed by atoms with Crippen LogP contribution in [0.2, 0.25) is 0 Å². The molecule has 10 N–H and O–H groups in total. The van der Waals surface area contributed by atoms with E-state index in [1.807, 2.05) is 63.9 Å². The van der Waals surface area contributed by atoms with E-state index in [1.165, 1.54) is 28.4 Å². The van der Waals surface area contributed by atoms with Crippen molar-refractivity contribution in [2.24, 2.45) is 33.6 Å². The number of benzene rings is 3. The highest BCUT2D eigenvalue weighted by Gasteiger charge is 2.66. The van der Waals surface area contributed by atoms with E-state index in [0.29, 0.717) is 98.0 Å². The predicted molar refractivity (Wildman–Crippen MR) is 401 cm³/mol. The van der Waals surface area contributed by atoms with Gasteiger partial charge in [-0.1, -0.05) is 81.9 Å². The molecule has 2 aliphatic heterocycles. The van der Waals surface area contributed by atoms with Crippen molar-refractivity contribution >= 4 is 102 Å². The number of ether oxygens (including phenoxy) is 2. The van der Waals surface area contributed by atoms with Crippen LogP contribution in [0.3, 0.4) is 0 Å². The maximum absolute atomic E-state index is 14.6. The summed E-state index contributed by atoms with van der Waals surface area (Å²) in [6.07, 6.45) is 11.5. The summed E-state index contributed by atoms with van der Waals surface area (Å²) in [4.78, 5) is 132. The number of nitrogens with one attached hydrogen (secondary N) is 4. The fraction of sp³-hybridized carbons (Fsp3) is 0.500. The lowest BCUT2D eigenvalue weighted by molar-refractivity contribution is -0.248. The van der Waals surface area contributed by atoms with Crippen LogP contribution in [-0.4, -0.2) is 177 Å². The minimum atomic E-state index is -4.33. The number of fused-ring (bicyclic) bond motifs is 2. The largest absolute Gasteiger partial charge is 0.476 e. The number of amides is 9. The SMILES string of the molecule is Cc1c(-c2ccc(N3CCc4cccc(C(=O)Nc5nc6ccccc6s5)c4C3)nc2C(=O)O)cnn1CC12CC3(C)CC(C)(C1)CC(OCCN(CCCNC(=O)OCc1ccc(N(C(=O)[C@@H](NC(=O)CCCCCN4C(=O)C=CC4=O)C(C)C)[C@@H](CCCNC(N)=O)C(N)=O)cc1)CCS(=O)(=O)O)(C3)C2. The highest BCUT2D eigenvalue weighted by atomic mass is 32.2. The van der Waals surface area contributed by atoms with Crippen molar-refractivity contribution in [3.63, 3.8) is 0 Å². The number of pyridine rings is 1. The first-order chi connectivity index (χ1) is 50.9. The van der Waals surface area contributed by atoms with Gasteiger partial charge < -0.3 is 46.9 Å². The van der Waals surface area contributed by atoms with Gasteiger partial charge in [0.25, 0.3) is 33.7 Å². The number of imide groups is 1. The fourth-order valence-corrected chi connectivity index (χ4v) is 18.8. The van der Waals surface area contributed by atoms with Crippen LogP contribution >= 0.6 is 11.3 Å². The third kappa shape index (κ3) is 19.4. The van der Waals surface area contributed by atoms with Crippen molar-refractivity contribution in [2.75, 3.05) is 73.3 Å². The molecule has 0 radical (unpaired) electrons. The van der Waals surface area contributed by atoms with Gasteiger partial charge in [-0.15, -0.1) is 0 Å². The second-order valence-corrected chi connectivity index (χ2v) is 33.0. The van der Waals surface area contributed by atoms with Gasteiger partial charge in [0.15, 0.2) is 10.8 Å². The monoisotopic (exact) mass is 1510 g/mol. The molecule has 4 bridgehead atoms. The number of carboxylic acids is 1. The quantitative estimate of drug-likeness (QED) is 0.0104. The van der Waals surface area contributed by atoms with Crippen LogP contribution in [0.15, 0.2) is 97.2 Å². The average molecular weight is 1510 g/mol. The number of para-hydroxylation sites is 1. The van der Waals surface area contributed by atoms with E-state index in [0.717, 1.165) is 70.5 Å². The summed E-state index contributed by atoms with van der Waals surface area (Å²) >= 11 is 1.40. The smallest absolute Gasteiger partial charge is 0.407 e. The number of carboxylic acid groups (broad SMARTS) is 1. The Hall–Kier alpha value is -9.69. The first-order valence-corrected chi connectivity index (χ1v) is 38.9. The van der Waals surface area contributed by atoms with Crippen molar-refractivity contribution in [2.45, 2.75) is 162 Å². The van der Waals surface area contributed by atoms with Crippen molar-refractivity contribution in [3.05, 3.63) is 131 Å². The van der Waals surface area contributed by atoms with Crippen LogP contribution < -0.4 is 42.5 Å². The summed E-state index contributed by atoms with van der Waals surface area (Å²) < 4.78 is 49.7. The molecule has 4 atom stereocenters. The maximum atomic E-state index is 14.6. The molecule has 4 saturated carbocycles. The number of hydrogen-bond acceptors (Lipinski definition) is 19. The molecule has 572 valence electrons. The molecular formula is C76H96N14O15S2. The highest BCUT2D eigenvalue weighted by molar-refractivity contribution is 7.85. The number of alkyl carbamates (subject to hydrolysis) is 1. The van der Waals surface area contributed by atoms with Gasteiger partial charge in [-0.2, -0.15) is 13.5 Å². The van der Waals surface area contributed by atoms with E-state index in [9.17, 15) is 61.2 Å². The van der Waals surface area contributed by atoms with Crippen molar-refractivity contribution in [1.82, 2.24) is 45.5 Å². The summed E-state index contributed by atoms with van der Waals surface area (Å²) in [5, 5.41) is 27.2. The molecule has 9 amide bonds. The first kappa shape index (κ1) is 78.4. The lowest BCUT2D eigenvalue weighted by Gasteiger charge is -2.69. The van der Waals surface area contributed by atoms with E-state index >= 15 is 0 Å². The molecule has 0 saturated heterocycles.